The average molecular weight is 792 g/mol. The number of alkyl halides is 9. The van der Waals surface area contributed by atoms with Crippen LogP contribution < -0.4 is 15.3 Å². The summed E-state index contributed by atoms with van der Waals surface area (Å²) in [6, 6.07) is 0. The third-order valence-corrected chi connectivity index (χ3v) is 2.50. The van der Waals surface area contributed by atoms with Crippen molar-refractivity contribution >= 4 is 122 Å². The summed E-state index contributed by atoms with van der Waals surface area (Å²) in [5.41, 5.74) is 0. The molecule has 0 unspecified atom stereocenters. The van der Waals surface area contributed by atoms with E-state index < -0.39 is 35.4 Å². The van der Waals surface area contributed by atoms with E-state index in [1.807, 2.05) is 0 Å². The number of aliphatic hydroxyl groups excluding tert-OH is 3. The Kier molecular flexibility index (Phi) is 55.4. The molecule has 0 heterocycles. The molecule has 0 aliphatic heterocycles. The molecule has 20 heteroatoms. The SMILES string of the molecule is O=C([O-])C(Cl)(Cl)Cl.O=C([O-])C(Cl)(Cl)Cl.O=C([O-])C(Cl)(Cl)Cl.OCC(O)CO.[CH2-]C.[CH2-]C.[Y+3].[Zn+2]. The number of hydrogen-bond donors (Lipinski definition) is 3. The van der Waals surface area contributed by atoms with Crippen LogP contribution in [0.25, 0.3) is 0 Å². The predicted molar refractivity (Wildman–Crippen MR) is 118 cm³/mol. The number of carbonyl (C=O) groups excluding carboxylic acids is 3. The summed E-state index contributed by atoms with van der Waals surface area (Å²) < 4.78 is -6.83. The maximum atomic E-state index is 9.51. The van der Waals surface area contributed by atoms with E-state index in [4.69, 9.17) is 120 Å². The van der Waals surface area contributed by atoms with E-state index in [1.165, 1.54) is 0 Å². The van der Waals surface area contributed by atoms with Gasteiger partial charge < -0.3 is 58.9 Å². The maximum Gasteiger partial charge on any atom is 3.00 e. The predicted octanol–water partition coefficient (Wildman–Crippen LogP) is 0.327. The van der Waals surface area contributed by atoms with Crippen molar-refractivity contribution in [1.82, 2.24) is 0 Å². The van der Waals surface area contributed by atoms with Gasteiger partial charge in [-0.05, 0) is 0 Å². The van der Waals surface area contributed by atoms with Crippen LogP contribution in [0.15, 0.2) is 0 Å². The standard InChI is InChI=1S/C3H8O3.3C2HCl3O2.2C2H5.Y.Zn/c4-1-3(6)2-5;3*3-2(4,5)1(6)7;2*1-2;;/h3-6H,1-2H2;3*(H,6,7);2*1H2,2H3;;/q;;;;2*-1;+3;+2/p-3. The van der Waals surface area contributed by atoms with Gasteiger partial charge in [0.2, 0.25) is 11.4 Å². The molecule has 0 rings (SSSR count). The molecule has 0 aliphatic carbocycles. The Morgan fingerprint density at radius 2 is 0.758 bits per heavy atom. The number of carboxylic acids is 3. The van der Waals surface area contributed by atoms with Gasteiger partial charge in [0.25, 0.3) is 0 Å². The molecule has 0 saturated heterocycles. The third kappa shape index (κ3) is 60.8. The van der Waals surface area contributed by atoms with Gasteiger partial charge in [-0.3, -0.25) is 0 Å². The summed E-state index contributed by atoms with van der Waals surface area (Å²) in [5.74, 6) is -5.13. The topological polar surface area (TPSA) is 181 Å². The fourth-order valence-electron chi connectivity index (χ4n) is 0.0577. The van der Waals surface area contributed by atoms with Crippen LogP contribution in [0, 0.1) is 13.8 Å². The monoisotopic (exact) mass is 786 g/mol. The normalized spacial score (nSPS) is 9.36. The Morgan fingerprint density at radius 3 is 0.758 bits per heavy atom. The zero-order valence-corrected chi connectivity index (χ0v) is 29.5. The van der Waals surface area contributed by atoms with Crippen LogP contribution in [0.4, 0.5) is 0 Å². The van der Waals surface area contributed by atoms with Gasteiger partial charge in [0.1, 0.15) is 6.10 Å². The Morgan fingerprint density at radius 1 is 0.667 bits per heavy atom. The van der Waals surface area contributed by atoms with Crippen molar-refractivity contribution in [3.63, 3.8) is 0 Å². The number of carbonyl (C=O) groups is 3. The summed E-state index contributed by atoms with van der Waals surface area (Å²) in [5, 5.41) is 52.6. The second-order valence-corrected chi connectivity index (χ2v) is 10.2. The van der Waals surface area contributed by atoms with Crippen molar-refractivity contribution in [1.29, 1.82) is 0 Å². The maximum absolute atomic E-state index is 9.51. The van der Waals surface area contributed by atoms with E-state index >= 15 is 0 Å². The van der Waals surface area contributed by atoms with Crippen molar-refractivity contribution < 1.29 is 97.2 Å². The van der Waals surface area contributed by atoms with Crippen molar-refractivity contribution in [3.8, 4) is 0 Å². The third-order valence-electron chi connectivity index (χ3n) is 1.12. The van der Waals surface area contributed by atoms with E-state index in [-0.39, 0.29) is 65.4 Å². The fourth-order valence-corrected chi connectivity index (χ4v) is 0.0577. The first-order chi connectivity index (χ1) is 13.6. The second-order valence-electron chi connectivity index (χ2n) is 3.37. The largest absolute Gasteiger partial charge is 3.00 e. The van der Waals surface area contributed by atoms with Gasteiger partial charge in [0.05, 0.1) is 31.1 Å². The van der Waals surface area contributed by atoms with E-state index in [0.717, 1.165) is 0 Å². The Balaban J connectivity index is -0.0000000393. The molecule has 0 aliphatic rings. The summed E-state index contributed by atoms with van der Waals surface area (Å²) in [6.07, 6.45) is -0.954. The number of aliphatic hydroxyl groups is 3. The molecule has 0 aromatic carbocycles. The van der Waals surface area contributed by atoms with Crippen LogP contribution >= 0.6 is 104 Å². The van der Waals surface area contributed by atoms with E-state index in [9.17, 15) is 29.7 Å². The van der Waals surface area contributed by atoms with Crippen LogP contribution in [-0.4, -0.2) is 63.9 Å². The minimum atomic E-state index is -2.28. The number of aliphatic carboxylic acids is 3. The van der Waals surface area contributed by atoms with E-state index in [0.29, 0.717) is 0 Å². The number of rotatable bonds is 2. The zero-order chi connectivity index (χ0) is 27.2. The van der Waals surface area contributed by atoms with Crippen molar-refractivity contribution in [2.45, 2.75) is 31.3 Å². The summed E-state index contributed by atoms with van der Waals surface area (Å²) in [4.78, 5) is 28.5. The average Bonchev–Trinajstić information content (AvgIpc) is 2.63. The molecule has 192 valence electrons. The Bertz CT molecular complexity index is 399. The van der Waals surface area contributed by atoms with Gasteiger partial charge in [0.15, 0.2) is 0 Å². The molecule has 0 bridgehead atoms. The van der Waals surface area contributed by atoms with Gasteiger partial charge in [-0.25, -0.2) is 0 Å². The molecule has 0 aromatic heterocycles. The molecule has 0 amide bonds. The molecule has 0 saturated carbocycles. The van der Waals surface area contributed by atoms with Crippen LogP contribution in [0.5, 0.6) is 0 Å². The van der Waals surface area contributed by atoms with Gasteiger partial charge in [-0.15, -0.1) is 0 Å². The molecular formula is C13H18Cl9O9YZn. The molecule has 9 nitrogen and oxygen atoms in total. The number of carboxylic acid groups (broad SMARTS) is 3. The summed E-state index contributed by atoms with van der Waals surface area (Å²) in [6.45, 7) is 9.27. The second kappa shape index (κ2) is 32.7. The molecule has 0 spiro atoms. The van der Waals surface area contributed by atoms with Crippen LogP contribution in [-0.2, 0) is 66.6 Å². The summed E-state index contributed by atoms with van der Waals surface area (Å²) >= 11 is 42.6. The number of halogens is 9. The number of hydrogen-bond acceptors (Lipinski definition) is 9. The smallest absolute Gasteiger partial charge is 0.545 e. The van der Waals surface area contributed by atoms with Gasteiger partial charge in [-0.2, -0.15) is 13.8 Å². The Labute approximate surface area is 274 Å². The molecular weight excluding hydrogens is 774 g/mol. The minimum absolute atomic E-state index is 0. The first kappa shape index (κ1) is 56.0. The molecule has 0 aromatic rings. The first-order valence-electron chi connectivity index (χ1n) is 6.80. The molecule has 3 N–H and O–H groups in total. The van der Waals surface area contributed by atoms with Crippen LogP contribution in [0.2, 0.25) is 0 Å². The molecule has 0 atom stereocenters. The quantitative estimate of drug-likeness (QED) is 0.202. The van der Waals surface area contributed by atoms with Crippen molar-refractivity contribution in [2.75, 3.05) is 13.2 Å². The van der Waals surface area contributed by atoms with Crippen LogP contribution in [0.1, 0.15) is 13.8 Å². The van der Waals surface area contributed by atoms with Gasteiger partial charge >= 0.3 is 52.2 Å². The molecule has 33 heavy (non-hydrogen) atoms. The first-order valence-corrected chi connectivity index (χ1v) is 10.2. The summed E-state index contributed by atoms with van der Waals surface area (Å²) in [7, 11) is 0. The molecule has 0 fully saturated rings. The Hall–Kier alpha value is 2.63. The van der Waals surface area contributed by atoms with Crippen LogP contribution in [0.3, 0.4) is 0 Å². The van der Waals surface area contributed by atoms with Gasteiger partial charge in [0, 0.05) is 0 Å². The van der Waals surface area contributed by atoms with E-state index in [1.54, 1.807) is 13.8 Å². The van der Waals surface area contributed by atoms with Crippen molar-refractivity contribution in [2.24, 2.45) is 0 Å². The van der Waals surface area contributed by atoms with E-state index in [2.05, 4.69) is 13.8 Å². The van der Waals surface area contributed by atoms with Crippen molar-refractivity contribution in [3.05, 3.63) is 13.8 Å². The molecule has 0 radical (unpaired) electrons. The minimum Gasteiger partial charge on any atom is -0.545 e. The van der Waals surface area contributed by atoms with Gasteiger partial charge in [-0.1, -0.05) is 104 Å². The fraction of sp³-hybridized carbons (Fsp3) is 0.615. The zero-order valence-electron chi connectivity index (χ0n) is 16.9.